The van der Waals surface area contributed by atoms with Crippen LogP contribution in [0.3, 0.4) is 0 Å². The minimum atomic E-state index is 0.345. The zero-order valence-corrected chi connectivity index (χ0v) is 10.3. The first-order valence-corrected chi connectivity index (χ1v) is 6.22. The molecule has 0 aliphatic rings. The van der Waals surface area contributed by atoms with Gasteiger partial charge in [-0.1, -0.05) is 30.5 Å². The predicted octanol–water partition coefficient (Wildman–Crippen LogP) is 2.94. The fourth-order valence-electron chi connectivity index (χ4n) is 1.35. The zero-order valence-electron chi connectivity index (χ0n) is 9.49. The Bertz CT molecular complexity index is 282. The van der Waals surface area contributed by atoms with Gasteiger partial charge in [-0.05, 0) is 37.3 Å². The quantitative estimate of drug-likeness (QED) is 0.725. The molecular formula is C11H19N3S. The molecule has 0 saturated carbocycles. The monoisotopic (exact) mass is 225 g/mol. The highest BCUT2D eigenvalue weighted by atomic mass is 32.1. The summed E-state index contributed by atoms with van der Waals surface area (Å²) in [6.45, 7) is 9.40. The maximum absolute atomic E-state index is 4.05. The summed E-state index contributed by atoms with van der Waals surface area (Å²) < 4.78 is 3.91. The Kier molecular flexibility index (Phi) is 5.50. The summed E-state index contributed by atoms with van der Waals surface area (Å²) in [7, 11) is 0. The van der Waals surface area contributed by atoms with Crippen LogP contribution >= 0.6 is 11.5 Å². The van der Waals surface area contributed by atoms with Gasteiger partial charge >= 0.3 is 0 Å². The van der Waals surface area contributed by atoms with E-state index < -0.39 is 0 Å². The second-order valence-corrected chi connectivity index (χ2v) is 4.45. The van der Waals surface area contributed by atoms with E-state index >= 15 is 0 Å². The molecule has 15 heavy (non-hydrogen) atoms. The van der Waals surface area contributed by atoms with Gasteiger partial charge in [0, 0.05) is 6.04 Å². The number of nitrogens with one attached hydrogen (secondary N) is 1. The zero-order chi connectivity index (χ0) is 11.1. The van der Waals surface area contributed by atoms with Crippen LogP contribution in [-0.4, -0.2) is 16.1 Å². The fraction of sp³-hybridized carbons (Fsp3) is 0.636. The summed E-state index contributed by atoms with van der Waals surface area (Å²) >= 11 is 1.47. The molecule has 4 heteroatoms. The van der Waals surface area contributed by atoms with Crippen molar-refractivity contribution in [2.45, 2.75) is 39.2 Å². The van der Waals surface area contributed by atoms with Crippen molar-refractivity contribution in [3.8, 4) is 0 Å². The molecule has 0 saturated heterocycles. The van der Waals surface area contributed by atoms with Crippen LogP contribution in [0.5, 0.6) is 0 Å². The average molecular weight is 225 g/mol. The average Bonchev–Trinajstić information content (AvgIpc) is 2.77. The number of nitrogens with zero attached hydrogens (tertiary/aromatic N) is 2. The van der Waals surface area contributed by atoms with Crippen LogP contribution in [0.25, 0.3) is 0 Å². The van der Waals surface area contributed by atoms with Crippen molar-refractivity contribution in [3.63, 3.8) is 0 Å². The van der Waals surface area contributed by atoms with Crippen molar-refractivity contribution in [2.24, 2.45) is 0 Å². The van der Waals surface area contributed by atoms with E-state index in [1.165, 1.54) is 22.0 Å². The van der Waals surface area contributed by atoms with Crippen molar-refractivity contribution in [3.05, 3.63) is 23.2 Å². The summed E-state index contributed by atoms with van der Waals surface area (Å²) in [5.74, 6) is 0. The van der Waals surface area contributed by atoms with Gasteiger partial charge in [0.2, 0.25) is 0 Å². The van der Waals surface area contributed by atoms with E-state index in [4.69, 9.17) is 0 Å². The lowest BCUT2D eigenvalue weighted by atomic mass is 10.0. The van der Waals surface area contributed by atoms with Crippen LogP contribution < -0.4 is 5.32 Å². The summed E-state index contributed by atoms with van der Waals surface area (Å²) in [6, 6.07) is 0.345. The first-order valence-electron chi connectivity index (χ1n) is 5.45. The van der Waals surface area contributed by atoms with Crippen molar-refractivity contribution in [2.75, 3.05) is 6.54 Å². The van der Waals surface area contributed by atoms with Crippen LogP contribution in [0.1, 0.15) is 44.0 Å². The molecule has 1 N–H and O–H groups in total. The highest BCUT2D eigenvalue weighted by molar-refractivity contribution is 7.05. The van der Waals surface area contributed by atoms with Crippen LogP contribution in [0.4, 0.5) is 0 Å². The van der Waals surface area contributed by atoms with Crippen molar-refractivity contribution in [1.29, 1.82) is 0 Å². The summed E-state index contributed by atoms with van der Waals surface area (Å²) in [4.78, 5) is 1.21. The standard InChI is InChI=1S/C11H19N3S/c1-4-6-12-10(7-9(3)5-2)11-8-13-14-15-11/h8,10,12H,3-7H2,1-2H3. The molecule has 1 aromatic heterocycles. The summed E-state index contributed by atoms with van der Waals surface area (Å²) in [5, 5.41) is 7.39. The first-order chi connectivity index (χ1) is 7.27. The smallest absolute Gasteiger partial charge is 0.0669 e. The second-order valence-electron chi connectivity index (χ2n) is 3.63. The van der Waals surface area contributed by atoms with Gasteiger partial charge < -0.3 is 5.32 Å². The molecular weight excluding hydrogens is 206 g/mol. The van der Waals surface area contributed by atoms with Crippen LogP contribution in [-0.2, 0) is 0 Å². The lowest BCUT2D eigenvalue weighted by Crippen LogP contribution is -2.21. The van der Waals surface area contributed by atoms with E-state index in [0.717, 1.165) is 25.8 Å². The van der Waals surface area contributed by atoms with Crippen LogP contribution in [0.2, 0.25) is 0 Å². The Morgan fingerprint density at radius 1 is 1.60 bits per heavy atom. The van der Waals surface area contributed by atoms with Gasteiger partial charge in [-0.15, -0.1) is 5.10 Å². The Hall–Kier alpha value is -0.740. The van der Waals surface area contributed by atoms with Crippen molar-refractivity contribution in [1.82, 2.24) is 14.9 Å². The molecule has 0 aliphatic heterocycles. The van der Waals surface area contributed by atoms with Crippen LogP contribution in [0, 0.1) is 0 Å². The van der Waals surface area contributed by atoms with Crippen LogP contribution in [0.15, 0.2) is 18.3 Å². The SMILES string of the molecule is C=C(CC)CC(NCCC)c1cnns1. The lowest BCUT2D eigenvalue weighted by Gasteiger charge is -2.16. The normalized spacial score (nSPS) is 12.7. The first kappa shape index (κ1) is 12.3. The van der Waals surface area contributed by atoms with Gasteiger partial charge in [-0.3, -0.25) is 0 Å². The van der Waals surface area contributed by atoms with E-state index in [1.807, 2.05) is 6.20 Å². The summed E-state index contributed by atoms with van der Waals surface area (Å²) in [6.07, 6.45) is 5.01. The number of rotatable bonds is 7. The predicted molar refractivity (Wildman–Crippen MR) is 65.0 cm³/mol. The minimum Gasteiger partial charge on any atom is -0.309 e. The fourth-order valence-corrected chi connectivity index (χ4v) is 1.93. The van der Waals surface area contributed by atoms with Gasteiger partial charge in [0.15, 0.2) is 0 Å². The number of hydrogen-bond acceptors (Lipinski definition) is 4. The van der Waals surface area contributed by atoms with E-state index in [-0.39, 0.29) is 0 Å². The van der Waals surface area contributed by atoms with Gasteiger partial charge in [0.1, 0.15) is 0 Å². The Labute approximate surface area is 95.8 Å². The Morgan fingerprint density at radius 2 is 2.40 bits per heavy atom. The Morgan fingerprint density at radius 3 is 2.93 bits per heavy atom. The molecule has 0 bridgehead atoms. The third-order valence-corrected chi connectivity index (χ3v) is 3.13. The lowest BCUT2D eigenvalue weighted by molar-refractivity contribution is 0.530. The van der Waals surface area contributed by atoms with Gasteiger partial charge in [0.05, 0.1) is 11.1 Å². The third-order valence-electron chi connectivity index (χ3n) is 2.36. The highest BCUT2D eigenvalue weighted by Gasteiger charge is 2.13. The van der Waals surface area contributed by atoms with E-state index in [0.29, 0.717) is 6.04 Å². The molecule has 0 fully saturated rings. The second kappa shape index (κ2) is 6.69. The molecule has 84 valence electrons. The topological polar surface area (TPSA) is 37.8 Å². The largest absolute Gasteiger partial charge is 0.309 e. The van der Waals surface area contributed by atoms with E-state index in [9.17, 15) is 0 Å². The molecule has 0 amide bonds. The molecule has 0 aliphatic carbocycles. The maximum atomic E-state index is 4.05. The molecule has 1 atom stereocenters. The van der Waals surface area contributed by atoms with E-state index in [2.05, 4.69) is 35.3 Å². The van der Waals surface area contributed by atoms with E-state index in [1.54, 1.807) is 0 Å². The molecule has 1 heterocycles. The molecule has 0 spiro atoms. The van der Waals surface area contributed by atoms with Crippen molar-refractivity contribution < 1.29 is 0 Å². The van der Waals surface area contributed by atoms with Gasteiger partial charge in [0.25, 0.3) is 0 Å². The van der Waals surface area contributed by atoms with Gasteiger partial charge in [-0.2, -0.15) is 0 Å². The summed E-state index contributed by atoms with van der Waals surface area (Å²) in [5.41, 5.74) is 1.28. The molecule has 0 radical (unpaired) electrons. The molecule has 1 unspecified atom stereocenters. The Balaban J connectivity index is 2.57. The minimum absolute atomic E-state index is 0.345. The van der Waals surface area contributed by atoms with Gasteiger partial charge in [-0.25, -0.2) is 0 Å². The molecule has 1 rings (SSSR count). The molecule has 3 nitrogen and oxygen atoms in total. The molecule has 1 aromatic rings. The van der Waals surface area contributed by atoms with Crippen molar-refractivity contribution >= 4 is 11.5 Å². The highest BCUT2D eigenvalue weighted by Crippen LogP contribution is 2.23. The molecule has 0 aromatic carbocycles. The maximum Gasteiger partial charge on any atom is 0.0669 e. The number of aromatic nitrogens is 2. The number of hydrogen-bond donors (Lipinski definition) is 1. The third kappa shape index (κ3) is 4.10.